The molecule has 1 aromatic heterocycles. The number of nitro benzene ring substituents is 1. The van der Waals surface area contributed by atoms with Crippen LogP contribution < -0.4 is 10.6 Å². The van der Waals surface area contributed by atoms with Gasteiger partial charge in [-0.25, -0.2) is 0 Å². The predicted molar refractivity (Wildman–Crippen MR) is 116 cm³/mol. The van der Waals surface area contributed by atoms with Crippen LogP contribution in [0.15, 0.2) is 60.0 Å². The predicted octanol–water partition coefficient (Wildman–Crippen LogP) is 4.84. The number of benzene rings is 2. The van der Waals surface area contributed by atoms with Crippen molar-refractivity contribution in [1.29, 1.82) is 0 Å². The van der Waals surface area contributed by atoms with Gasteiger partial charge in [-0.15, -0.1) is 11.3 Å². The fourth-order valence-electron chi connectivity index (χ4n) is 3.13. The monoisotopic (exact) mass is 409 g/mol. The minimum Gasteiger partial charge on any atom is -0.319 e. The zero-order valence-corrected chi connectivity index (χ0v) is 17.2. The van der Waals surface area contributed by atoms with Gasteiger partial charge in [0, 0.05) is 10.9 Å². The molecule has 3 aromatic rings. The summed E-state index contributed by atoms with van der Waals surface area (Å²) in [6.07, 6.45) is 0.967. The van der Waals surface area contributed by atoms with Crippen LogP contribution in [-0.4, -0.2) is 17.4 Å². The number of nitrogens with one attached hydrogen (secondary N) is 2. The highest BCUT2D eigenvalue weighted by atomic mass is 32.1. The molecule has 0 radical (unpaired) electrons. The largest absolute Gasteiger partial charge is 0.319 e. The lowest BCUT2D eigenvalue weighted by atomic mass is 10.0. The molecule has 0 saturated heterocycles. The second-order valence-electron chi connectivity index (χ2n) is 6.70. The third-order valence-corrected chi connectivity index (χ3v) is 5.66. The number of rotatable bonds is 8. The molecular weight excluding hydrogens is 386 g/mol. The highest BCUT2D eigenvalue weighted by Gasteiger charge is 2.20. The number of nitrogens with zero attached hydrogens (tertiary/aromatic N) is 1. The van der Waals surface area contributed by atoms with Gasteiger partial charge in [0.05, 0.1) is 17.5 Å². The third kappa shape index (κ3) is 5.07. The first-order chi connectivity index (χ1) is 14.0. The number of thiophene rings is 1. The van der Waals surface area contributed by atoms with Gasteiger partial charge in [0.2, 0.25) is 5.91 Å². The maximum absolute atomic E-state index is 12.6. The van der Waals surface area contributed by atoms with Crippen molar-refractivity contribution < 1.29 is 9.72 Å². The molecule has 150 valence electrons. The Morgan fingerprint density at radius 2 is 1.90 bits per heavy atom. The van der Waals surface area contributed by atoms with Crippen molar-refractivity contribution in [2.45, 2.75) is 26.3 Å². The van der Waals surface area contributed by atoms with E-state index < -0.39 is 4.92 Å². The van der Waals surface area contributed by atoms with Gasteiger partial charge in [0.1, 0.15) is 5.69 Å². The van der Waals surface area contributed by atoms with Gasteiger partial charge >= 0.3 is 0 Å². The fourth-order valence-corrected chi connectivity index (χ4v) is 3.96. The molecule has 0 aliphatic rings. The summed E-state index contributed by atoms with van der Waals surface area (Å²) in [6.45, 7) is 3.88. The van der Waals surface area contributed by atoms with E-state index in [1.54, 1.807) is 30.4 Å². The van der Waals surface area contributed by atoms with Crippen LogP contribution in [0, 0.1) is 17.0 Å². The minimum atomic E-state index is -0.486. The first-order valence-electron chi connectivity index (χ1n) is 9.39. The van der Waals surface area contributed by atoms with Gasteiger partial charge in [-0.05, 0) is 41.5 Å². The number of carbonyl (C=O) groups excluding carboxylic acids is 1. The molecule has 0 aliphatic carbocycles. The molecule has 0 spiro atoms. The second kappa shape index (κ2) is 9.45. The zero-order chi connectivity index (χ0) is 20.8. The number of para-hydroxylation sites is 1. The van der Waals surface area contributed by atoms with Crippen molar-refractivity contribution in [3.63, 3.8) is 0 Å². The Morgan fingerprint density at radius 1 is 1.14 bits per heavy atom. The molecule has 0 bridgehead atoms. The third-order valence-electron chi connectivity index (χ3n) is 4.73. The smallest absolute Gasteiger partial charge is 0.293 e. The van der Waals surface area contributed by atoms with E-state index in [0.717, 1.165) is 16.9 Å². The van der Waals surface area contributed by atoms with Gasteiger partial charge < -0.3 is 5.32 Å². The SMILES string of the molecule is CCc1ccc([C@H](NCC(=O)Nc2c(C)cccc2[N+](=O)[O-])c2cccs2)cc1. The van der Waals surface area contributed by atoms with Crippen molar-refractivity contribution in [2.75, 3.05) is 11.9 Å². The zero-order valence-electron chi connectivity index (χ0n) is 16.3. The number of anilines is 1. The second-order valence-corrected chi connectivity index (χ2v) is 7.68. The highest BCUT2D eigenvalue weighted by molar-refractivity contribution is 7.10. The lowest BCUT2D eigenvalue weighted by Crippen LogP contribution is -2.32. The number of nitro groups is 1. The van der Waals surface area contributed by atoms with E-state index in [2.05, 4.69) is 41.8 Å². The van der Waals surface area contributed by atoms with Gasteiger partial charge in [0.15, 0.2) is 0 Å². The van der Waals surface area contributed by atoms with E-state index in [4.69, 9.17) is 0 Å². The molecule has 2 N–H and O–H groups in total. The Balaban J connectivity index is 1.75. The van der Waals surface area contributed by atoms with E-state index in [1.807, 2.05) is 17.5 Å². The van der Waals surface area contributed by atoms with Crippen LogP contribution in [0.2, 0.25) is 0 Å². The maximum atomic E-state index is 12.6. The maximum Gasteiger partial charge on any atom is 0.293 e. The molecule has 6 nitrogen and oxygen atoms in total. The molecule has 1 atom stereocenters. The molecule has 0 aliphatic heterocycles. The lowest BCUT2D eigenvalue weighted by molar-refractivity contribution is -0.384. The standard InChI is InChI=1S/C22H23N3O3S/c1-3-16-9-11-17(12-10-16)22(19-8-5-13-29-19)23-14-20(26)24-21-15(2)6-4-7-18(21)25(27)28/h4-13,22-23H,3,14H2,1-2H3,(H,24,26)/t22-/m0/s1. The molecule has 2 aromatic carbocycles. The summed E-state index contributed by atoms with van der Waals surface area (Å²) in [7, 11) is 0. The van der Waals surface area contributed by atoms with Gasteiger partial charge in [-0.3, -0.25) is 20.2 Å². The van der Waals surface area contributed by atoms with Crippen LogP contribution in [0.5, 0.6) is 0 Å². The van der Waals surface area contributed by atoms with Gasteiger partial charge in [-0.2, -0.15) is 0 Å². The van der Waals surface area contributed by atoms with E-state index in [9.17, 15) is 14.9 Å². The van der Waals surface area contributed by atoms with E-state index in [-0.39, 0.29) is 29.9 Å². The van der Waals surface area contributed by atoms with Gasteiger partial charge in [-0.1, -0.05) is 49.4 Å². The number of carbonyl (C=O) groups is 1. The summed E-state index contributed by atoms with van der Waals surface area (Å²) in [5.74, 6) is -0.325. The summed E-state index contributed by atoms with van der Waals surface area (Å²) < 4.78 is 0. The summed E-state index contributed by atoms with van der Waals surface area (Å²) in [4.78, 5) is 24.4. The molecule has 0 saturated carbocycles. The Hall–Kier alpha value is -3.03. The summed E-state index contributed by atoms with van der Waals surface area (Å²) in [5.41, 5.74) is 3.10. The van der Waals surface area contributed by atoms with E-state index in [0.29, 0.717) is 5.56 Å². The molecular formula is C22H23N3O3S. The Morgan fingerprint density at radius 3 is 2.52 bits per heavy atom. The summed E-state index contributed by atoms with van der Waals surface area (Å²) in [5, 5.41) is 19.2. The molecule has 3 rings (SSSR count). The van der Waals surface area contributed by atoms with Crippen LogP contribution in [0.25, 0.3) is 0 Å². The highest BCUT2D eigenvalue weighted by Crippen LogP contribution is 2.28. The fraction of sp³-hybridized carbons (Fsp3) is 0.227. The van der Waals surface area contributed by atoms with Crippen LogP contribution in [0.1, 0.15) is 34.5 Å². The minimum absolute atomic E-state index is 0.0313. The van der Waals surface area contributed by atoms with Gasteiger partial charge in [0.25, 0.3) is 5.69 Å². The Kier molecular flexibility index (Phi) is 6.74. The molecule has 7 heteroatoms. The normalized spacial score (nSPS) is 11.8. The average Bonchev–Trinajstić information content (AvgIpc) is 3.24. The average molecular weight is 410 g/mol. The van der Waals surface area contributed by atoms with E-state index >= 15 is 0 Å². The molecule has 1 amide bonds. The number of hydrogen-bond acceptors (Lipinski definition) is 5. The lowest BCUT2D eigenvalue weighted by Gasteiger charge is -2.18. The van der Waals surface area contributed by atoms with Crippen LogP contribution in [0.3, 0.4) is 0 Å². The molecule has 0 fully saturated rings. The first kappa shape index (κ1) is 20.7. The number of amides is 1. The number of hydrogen-bond donors (Lipinski definition) is 2. The van der Waals surface area contributed by atoms with Crippen molar-refractivity contribution in [1.82, 2.24) is 5.32 Å². The quantitative estimate of drug-likeness (QED) is 0.412. The molecule has 1 heterocycles. The first-order valence-corrected chi connectivity index (χ1v) is 10.3. The van der Waals surface area contributed by atoms with Crippen LogP contribution in [-0.2, 0) is 11.2 Å². The summed E-state index contributed by atoms with van der Waals surface area (Å²) in [6, 6.07) is 16.9. The van der Waals surface area contributed by atoms with Crippen LogP contribution in [0.4, 0.5) is 11.4 Å². The Bertz CT molecular complexity index is 985. The Labute approximate surface area is 173 Å². The topological polar surface area (TPSA) is 84.3 Å². The van der Waals surface area contributed by atoms with Crippen molar-refractivity contribution >= 4 is 28.6 Å². The molecule has 29 heavy (non-hydrogen) atoms. The summed E-state index contributed by atoms with van der Waals surface area (Å²) >= 11 is 1.62. The van der Waals surface area contributed by atoms with Crippen molar-refractivity contribution in [3.8, 4) is 0 Å². The molecule has 0 unspecified atom stereocenters. The van der Waals surface area contributed by atoms with E-state index in [1.165, 1.54) is 11.6 Å². The van der Waals surface area contributed by atoms with Crippen molar-refractivity contribution in [2.24, 2.45) is 0 Å². The van der Waals surface area contributed by atoms with Crippen LogP contribution >= 0.6 is 11.3 Å². The van der Waals surface area contributed by atoms with Crippen molar-refractivity contribution in [3.05, 3.63) is 91.7 Å². The number of aryl methyl sites for hydroxylation is 2.